The Balaban J connectivity index is 2.32. The van der Waals surface area contributed by atoms with E-state index in [2.05, 4.69) is 5.32 Å². The Morgan fingerprint density at radius 3 is 2.15 bits per heavy atom. The van der Waals surface area contributed by atoms with E-state index in [1.807, 2.05) is 19.0 Å². The molecule has 0 amide bonds. The molecule has 0 aromatic heterocycles. The number of carbonyl (C=O) groups is 4. The monoisotopic (exact) mass is 584 g/mol. The first kappa shape index (κ1) is 32.7. The average Bonchev–Trinajstić information content (AvgIpc) is 2.88. The zero-order valence-electron chi connectivity index (χ0n) is 23.6. The molecule has 5 atom stereocenters. The van der Waals surface area contributed by atoms with Crippen molar-refractivity contribution < 1.29 is 52.3 Å². The third-order valence-electron chi connectivity index (χ3n) is 5.69. The predicted octanol–water partition coefficient (Wildman–Crippen LogP) is 1.02. The Morgan fingerprint density at radius 2 is 1.60 bits per heavy atom. The second-order valence-electron chi connectivity index (χ2n) is 8.97. The summed E-state index contributed by atoms with van der Waals surface area (Å²) in [6.07, 6.45) is -7.32. The standard InChI is InChI=1S/C26H36N2O11S/c1-14-12-18(13-34-26(40)28(6)11-10-27-5)8-9-19(14)38-25-23(37-17(4)31)21(36-16(3)30)20(35-15(2)29)22(39-25)24(32)33-7/h8-9,12,20-23,25,27H,10-11,13H2,1-7H3/t20-,21-,22-,23+,25+/m0/s1. The van der Waals surface area contributed by atoms with Crippen LogP contribution in [0.25, 0.3) is 0 Å². The molecule has 0 radical (unpaired) electrons. The molecule has 13 nitrogen and oxygen atoms in total. The summed E-state index contributed by atoms with van der Waals surface area (Å²) >= 11 is 5.31. The zero-order valence-corrected chi connectivity index (χ0v) is 24.4. The zero-order chi connectivity index (χ0) is 30.0. The topological polar surface area (TPSA) is 148 Å². The van der Waals surface area contributed by atoms with Crippen molar-refractivity contribution in [2.24, 2.45) is 0 Å². The first-order chi connectivity index (χ1) is 18.9. The molecule has 0 saturated carbocycles. The van der Waals surface area contributed by atoms with Crippen LogP contribution in [0.2, 0.25) is 0 Å². The summed E-state index contributed by atoms with van der Waals surface area (Å²) < 4.78 is 38.4. The minimum atomic E-state index is -1.55. The smallest absolute Gasteiger partial charge is 0.339 e. The van der Waals surface area contributed by atoms with E-state index in [4.69, 9.17) is 45.4 Å². The van der Waals surface area contributed by atoms with Crippen LogP contribution in [-0.4, -0.2) is 99.0 Å². The van der Waals surface area contributed by atoms with E-state index in [1.54, 1.807) is 25.1 Å². The molecular formula is C26H36N2O11S. The number of ether oxygens (including phenoxy) is 7. The number of likely N-dealkylation sites (N-methyl/N-ethyl adjacent to an activating group) is 2. The molecule has 0 bridgehead atoms. The Morgan fingerprint density at radius 1 is 1.00 bits per heavy atom. The molecule has 1 aliphatic heterocycles. The minimum absolute atomic E-state index is 0.211. The Kier molecular flexibility index (Phi) is 12.5. The predicted molar refractivity (Wildman–Crippen MR) is 143 cm³/mol. The van der Waals surface area contributed by atoms with Gasteiger partial charge in [-0.25, -0.2) is 4.79 Å². The lowest BCUT2D eigenvalue weighted by Gasteiger charge is -2.43. The number of esters is 4. The second-order valence-corrected chi connectivity index (χ2v) is 9.32. The van der Waals surface area contributed by atoms with E-state index in [0.29, 0.717) is 23.0 Å². The number of carbonyl (C=O) groups excluding carboxylic acids is 4. The largest absolute Gasteiger partial charge is 0.467 e. The van der Waals surface area contributed by atoms with Gasteiger partial charge in [-0.1, -0.05) is 6.07 Å². The van der Waals surface area contributed by atoms with Gasteiger partial charge in [0.05, 0.1) is 7.11 Å². The van der Waals surface area contributed by atoms with Gasteiger partial charge in [0.2, 0.25) is 12.4 Å². The van der Waals surface area contributed by atoms with Crippen LogP contribution in [0.3, 0.4) is 0 Å². The summed E-state index contributed by atoms with van der Waals surface area (Å²) in [7, 11) is 4.80. The van der Waals surface area contributed by atoms with Crippen LogP contribution in [0.15, 0.2) is 18.2 Å². The molecule has 1 aliphatic rings. The third-order valence-corrected chi connectivity index (χ3v) is 6.12. The number of benzene rings is 1. The normalized spacial score (nSPS) is 21.9. The van der Waals surface area contributed by atoms with Crippen LogP contribution in [0.1, 0.15) is 31.9 Å². The number of aryl methyl sites for hydroxylation is 1. The molecule has 1 aromatic carbocycles. The van der Waals surface area contributed by atoms with E-state index < -0.39 is 54.6 Å². The number of thiocarbonyl (C=S) groups is 1. The highest BCUT2D eigenvalue weighted by Crippen LogP contribution is 2.32. The first-order valence-corrected chi connectivity index (χ1v) is 12.8. The fourth-order valence-corrected chi connectivity index (χ4v) is 4.01. The van der Waals surface area contributed by atoms with Crippen molar-refractivity contribution in [2.75, 3.05) is 34.3 Å². The maximum atomic E-state index is 12.6. The second kappa shape index (κ2) is 15.3. The van der Waals surface area contributed by atoms with Crippen molar-refractivity contribution in [3.8, 4) is 5.75 Å². The molecule has 40 heavy (non-hydrogen) atoms. The maximum Gasteiger partial charge on any atom is 0.339 e. The Bertz CT molecular complexity index is 1080. The quantitative estimate of drug-likeness (QED) is 0.224. The number of nitrogens with one attached hydrogen (secondary N) is 1. The summed E-state index contributed by atoms with van der Waals surface area (Å²) in [5.74, 6) is -2.92. The van der Waals surface area contributed by atoms with E-state index >= 15 is 0 Å². The molecule has 0 unspecified atom stereocenters. The molecule has 14 heteroatoms. The number of hydrogen-bond donors (Lipinski definition) is 1. The van der Waals surface area contributed by atoms with Crippen LogP contribution >= 0.6 is 12.2 Å². The van der Waals surface area contributed by atoms with Crippen LogP contribution < -0.4 is 10.1 Å². The summed E-state index contributed by atoms with van der Waals surface area (Å²) in [6.45, 7) is 6.76. The highest BCUT2D eigenvalue weighted by molar-refractivity contribution is 7.80. The number of methoxy groups -OCH3 is 1. The summed E-state index contributed by atoms with van der Waals surface area (Å²) in [6, 6.07) is 5.19. The van der Waals surface area contributed by atoms with Gasteiger partial charge >= 0.3 is 23.9 Å². The lowest BCUT2D eigenvalue weighted by Crippen LogP contribution is -2.64. The molecular weight excluding hydrogens is 548 g/mol. The van der Waals surface area contributed by atoms with Gasteiger partial charge in [-0.05, 0) is 49.4 Å². The first-order valence-electron chi connectivity index (χ1n) is 12.4. The SMILES string of the molecule is CNCCN(C)C(=S)OCc1ccc(O[C@@H]2O[C@H](C(=O)OC)[C@@H](OC(C)=O)[C@H](OC(C)=O)[C@H]2OC(C)=O)c(C)c1. The van der Waals surface area contributed by atoms with E-state index in [0.717, 1.165) is 40.0 Å². The molecule has 0 aliphatic carbocycles. The number of nitrogens with zero attached hydrogens (tertiary/aromatic N) is 1. The minimum Gasteiger partial charge on any atom is -0.467 e. The van der Waals surface area contributed by atoms with Gasteiger partial charge in [0.15, 0.2) is 18.3 Å². The molecule has 2 rings (SSSR count). The van der Waals surface area contributed by atoms with Gasteiger partial charge in [0.1, 0.15) is 12.4 Å². The molecule has 1 N–H and O–H groups in total. The third kappa shape index (κ3) is 9.31. The van der Waals surface area contributed by atoms with Crippen molar-refractivity contribution in [3.05, 3.63) is 29.3 Å². The van der Waals surface area contributed by atoms with Crippen molar-refractivity contribution in [1.29, 1.82) is 0 Å². The van der Waals surface area contributed by atoms with E-state index in [9.17, 15) is 19.2 Å². The maximum absolute atomic E-state index is 12.6. The highest BCUT2D eigenvalue weighted by atomic mass is 32.1. The lowest BCUT2D eigenvalue weighted by atomic mass is 9.97. The molecule has 1 fully saturated rings. The molecule has 0 spiro atoms. The Hall–Kier alpha value is -3.49. The highest BCUT2D eigenvalue weighted by Gasteiger charge is 2.55. The fourth-order valence-electron chi connectivity index (χ4n) is 3.86. The van der Waals surface area contributed by atoms with E-state index in [-0.39, 0.29) is 6.61 Å². The van der Waals surface area contributed by atoms with Gasteiger partial charge < -0.3 is 43.4 Å². The van der Waals surface area contributed by atoms with Gasteiger partial charge in [0, 0.05) is 40.9 Å². The van der Waals surface area contributed by atoms with Crippen LogP contribution in [0, 0.1) is 6.92 Å². The van der Waals surface area contributed by atoms with Gasteiger partial charge in [0.25, 0.3) is 5.17 Å². The van der Waals surface area contributed by atoms with Crippen molar-refractivity contribution in [1.82, 2.24) is 10.2 Å². The summed E-state index contributed by atoms with van der Waals surface area (Å²) in [5, 5.41) is 3.39. The molecule has 1 heterocycles. The van der Waals surface area contributed by atoms with Gasteiger partial charge in [-0.3, -0.25) is 14.4 Å². The van der Waals surface area contributed by atoms with Crippen molar-refractivity contribution >= 4 is 41.3 Å². The van der Waals surface area contributed by atoms with E-state index in [1.165, 1.54) is 0 Å². The average molecular weight is 585 g/mol. The molecule has 222 valence electrons. The van der Waals surface area contributed by atoms with Crippen LogP contribution in [0.4, 0.5) is 0 Å². The summed E-state index contributed by atoms with van der Waals surface area (Å²) in [4.78, 5) is 50.2. The van der Waals surface area contributed by atoms with Crippen LogP contribution in [-0.2, 0) is 54.2 Å². The fraction of sp³-hybridized carbons (Fsp3) is 0.577. The van der Waals surface area contributed by atoms with Crippen LogP contribution in [0.5, 0.6) is 5.75 Å². The summed E-state index contributed by atoms with van der Waals surface area (Å²) in [5.41, 5.74) is 1.46. The van der Waals surface area contributed by atoms with Crippen molar-refractivity contribution in [2.45, 2.75) is 65.0 Å². The van der Waals surface area contributed by atoms with Gasteiger partial charge in [-0.2, -0.15) is 0 Å². The lowest BCUT2D eigenvalue weighted by molar-refractivity contribution is -0.282. The van der Waals surface area contributed by atoms with Gasteiger partial charge in [-0.15, -0.1) is 0 Å². The molecule has 1 saturated heterocycles. The number of hydrogen-bond acceptors (Lipinski definition) is 13. The Labute approximate surface area is 238 Å². The molecule has 1 aromatic rings. The van der Waals surface area contributed by atoms with Crippen molar-refractivity contribution in [3.63, 3.8) is 0 Å². The number of rotatable bonds is 11.